The normalized spacial score (nSPS) is 30.5. The lowest BCUT2D eigenvalue weighted by atomic mass is 10.5. The van der Waals surface area contributed by atoms with Crippen LogP contribution in [0.3, 0.4) is 0 Å². The van der Waals surface area contributed by atoms with Gasteiger partial charge in [-0.05, 0) is 0 Å². The number of nitrogens with one attached hydrogen (secondary N) is 1. The topological polar surface area (TPSA) is 57.2 Å². The van der Waals surface area contributed by atoms with E-state index in [-0.39, 0.29) is 0 Å². The fraction of sp³-hybridized carbons (Fsp3) is 1.00. The van der Waals surface area contributed by atoms with Crippen molar-refractivity contribution in [3.05, 3.63) is 0 Å². The predicted octanol–water partition coefficient (Wildman–Crippen LogP) is -1.15. The summed E-state index contributed by atoms with van der Waals surface area (Å²) in [4.78, 5) is 4.30. The van der Waals surface area contributed by atoms with Gasteiger partial charge in [-0.25, -0.2) is 5.90 Å². The Morgan fingerprint density at radius 2 is 2.67 bits per heavy atom. The summed E-state index contributed by atoms with van der Waals surface area (Å²) in [5, 5.41) is 3.03. The molecule has 1 rings (SSSR count). The van der Waals surface area contributed by atoms with Gasteiger partial charge in [0.25, 0.3) is 0 Å². The van der Waals surface area contributed by atoms with E-state index in [4.69, 9.17) is 5.90 Å². The zero-order chi connectivity index (χ0) is 4.41. The van der Waals surface area contributed by atoms with Crippen LogP contribution in [-0.2, 0) is 4.84 Å². The van der Waals surface area contributed by atoms with Crippen molar-refractivity contribution in [3.63, 3.8) is 0 Å². The Hall–Kier alpha value is -0.120. The summed E-state index contributed by atoms with van der Waals surface area (Å²) in [7, 11) is 0. The Morgan fingerprint density at radius 3 is 2.83 bits per heavy atom. The van der Waals surface area contributed by atoms with E-state index >= 15 is 0 Å². The third-order valence-corrected chi connectivity index (χ3v) is 0.790. The summed E-state index contributed by atoms with van der Waals surface area (Å²) >= 11 is 0. The minimum Gasteiger partial charge on any atom is -0.309 e. The zero-order valence-corrected chi connectivity index (χ0v) is 3.48. The van der Waals surface area contributed by atoms with Crippen molar-refractivity contribution < 1.29 is 4.84 Å². The number of hydrogen-bond acceptors (Lipinski definition) is 3. The molecule has 1 saturated heterocycles. The monoisotopic (exact) mass is 88.1 g/mol. The van der Waals surface area contributed by atoms with E-state index < -0.39 is 0 Å². The Kier molecular flexibility index (Phi) is 1.05. The van der Waals surface area contributed by atoms with Gasteiger partial charge in [-0.2, -0.15) is 0 Å². The second-order valence-corrected chi connectivity index (χ2v) is 1.44. The molecule has 0 aromatic heterocycles. The van der Waals surface area contributed by atoms with Crippen molar-refractivity contribution in [1.82, 2.24) is 5.32 Å². The molecule has 1 atom stereocenters. The van der Waals surface area contributed by atoms with Crippen LogP contribution in [0, 0.1) is 0 Å². The van der Waals surface area contributed by atoms with Crippen LogP contribution in [0.15, 0.2) is 0 Å². The minimum atomic E-state index is 0.551. The van der Waals surface area contributed by atoms with E-state index in [1.54, 1.807) is 0 Å². The molecule has 1 fully saturated rings. The quantitative estimate of drug-likeness (QED) is 0.331. The van der Waals surface area contributed by atoms with E-state index in [2.05, 4.69) is 10.2 Å². The summed E-state index contributed by atoms with van der Waals surface area (Å²) in [5.74, 6) is 4.73. The first-order valence-electron chi connectivity index (χ1n) is 1.98. The summed E-state index contributed by atoms with van der Waals surface area (Å²) in [6.07, 6.45) is 0. The van der Waals surface area contributed by atoms with Crippen molar-refractivity contribution in [2.45, 2.75) is 6.04 Å². The van der Waals surface area contributed by atoms with E-state index in [0.717, 1.165) is 6.54 Å². The molecule has 0 spiro atoms. The minimum absolute atomic E-state index is 0.551. The van der Waals surface area contributed by atoms with Crippen LogP contribution in [0.5, 0.6) is 0 Å². The number of hydrogen-bond donors (Lipinski definition) is 2. The van der Waals surface area contributed by atoms with Crippen LogP contribution in [0.25, 0.3) is 0 Å². The Bertz CT molecular complexity index is 44.1. The van der Waals surface area contributed by atoms with Crippen molar-refractivity contribution in [2.24, 2.45) is 5.90 Å². The lowest BCUT2D eigenvalue weighted by Gasteiger charge is -1.85. The van der Waals surface area contributed by atoms with Gasteiger partial charge in [0.2, 0.25) is 0 Å². The molecule has 0 bridgehead atoms. The van der Waals surface area contributed by atoms with Crippen LogP contribution in [0.1, 0.15) is 0 Å². The maximum atomic E-state index is 4.73. The summed E-state index contributed by atoms with van der Waals surface area (Å²) in [6.45, 7) is 1.72. The second-order valence-electron chi connectivity index (χ2n) is 1.44. The Balaban J connectivity index is 1.88. The first-order chi connectivity index (χ1) is 2.93. The molecule has 0 aromatic carbocycles. The van der Waals surface area contributed by atoms with Gasteiger partial charge in [0, 0.05) is 12.6 Å². The molecule has 0 aromatic rings. The molecule has 3 heteroatoms. The lowest BCUT2D eigenvalue weighted by Crippen LogP contribution is -2.07. The van der Waals surface area contributed by atoms with Crippen molar-refractivity contribution in [2.75, 3.05) is 13.2 Å². The Labute approximate surface area is 36.4 Å². The van der Waals surface area contributed by atoms with Gasteiger partial charge in [-0.1, -0.05) is 0 Å². The van der Waals surface area contributed by atoms with Crippen molar-refractivity contribution in [1.29, 1.82) is 0 Å². The largest absolute Gasteiger partial charge is 0.309 e. The van der Waals surface area contributed by atoms with Crippen LogP contribution in [0.4, 0.5) is 0 Å². The van der Waals surface area contributed by atoms with Crippen LogP contribution >= 0.6 is 0 Å². The van der Waals surface area contributed by atoms with Crippen LogP contribution in [0.2, 0.25) is 0 Å². The van der Waals surface area contributed by atoms with Gasteiger partial charge < -0.3 is 10.2 Å². The predicted molar refractivity (Wildman–Crippen MR) is 21.9 cm³/mol. The van der Waals surface area contributed by atoms with E-state index in [1.807, 2.05) is 0 Å². The first kappa shape index (κ1) is 4.05. The summed E-state index contributed by atoms with van der Waals surface area (Å²) in [5.41, 5.74) is 0. The number of rotatable bonds is 2. The first-order valence-corrected chi connectivity index (χ1v) is 1.98. The smallest absolute Gasteiger partial charge is 0.0844 e. The zero-order valence-electron chi connectivity index (χ0n) is 3.48. The molecule has 1 aliphatic heterocycles. The number of nitrogens with two attached hydrogens (primary N) is 1. The average Bonchev–Trinajstić information content (AvgIpc) is 2.21. The van der Waals surface area contributed by atoms with Crippen LogP contribution < -0.4 is 11.2 Å². The Morgan fingerprint density at radius 1 is 2.00 bits per heavy atom. The SMILES string of the molecule is NOCC1CN1. The molecule has 6 heavy (non-hydrogen) atoms. The van der Waals surface area contributed by atoms with Gasteiger partial charge in [-0.3, -0.25) is 0 Å². The highest BCUT2D eigenvalue weighted by Crippen LogP contribution is 1.92. The molecule has 0 saturated carbocycles. The third kappa shape index (κ3) is 0.931. The molecule has 1 unspecified atom stereocenters. The highest BCUT2D eigenvalue weighted by molar-refractivity contribution is 4.81. The molecular weight excluding hydrogens is 80.0 g/mol. The molecule has 0 amide bonds. The highest BCUT2D eigenvalue weighted by atomic mass is 16.6. The summed E-state index contributed by atoms with van der Waals surface area (Å²) < 4.78 is 0. The average molecular weight is 88.1 g/mol. The lowest BCUT2D eigenvalue weighted by molar-refractivity contribution is 0.140. The molecule has 3 nitrogen and oxygen atoms in total. The molecular formula is C3H8N2O. The molecule has 0 radical (unpaired) electrons. The molecule has 0 aliphatic carbocycles. The maximum absolute atomic E-state index is 4.73. The van der Waals surface area contributed by atoms with Crippen LogP contribution in [-0.4, -0.2) is 19.2 Å². The van der Waals surface area contributed by atoms with Gasteiger partial charge in [0.15, 0.2) is 0 Å². The summed E-state index contributed by atoms with van der Waals surface area (Å²) in [6, 6.07) is 0.551. The highest BCUT2D eigenvalue weighted by Gasteiger charge is 2.18. The fourth-order valence-electron chi connectivity index (χ4n) is 0.317. The van der Waals surface area contributed by atoms with Crippen molar-refractivity contribution in [3.8, 4) is 0 Å². The molecule has 1 aliphatic rings. The molecule has 36 valence electrons. The third-order valence-electron chi connectivity index (χ3n) is 0.790. The van der Waals surface area contributed by atoms with E-state index in [9.17, 15) is 0 Å². The molecule has 3 N–H and O–H groups in total. The van der Waals surface area contributed by atoms with Gasteiger partial charge in [-0.15, -0.1) is 0 Å². The van der Waals surface area contributed by atoms with Gasteiger partial charge in [0.05, 0.1) is 6.61 Å². The van der Waals surface area contributed by atoms with Gasteiger partial charge >= 0.3 is 0 Å². The van der Waals surface area contributed by atoms with E-state index in [0.29, 0.717) is 12.6 Å². The molecule has 1 heterocycles. The van der Waals surface area contributed by atoms with E-state index in [1.165, 1.54) is 0 Å². The maximum Gasteiger partial charge on any atom is 0.0844 e. The second kappa shape index (κ2) is 1.55. The van der Waals surface area contributed by atoms with Crippen molar-refractivity contribution >= 4 is 0 Å². The standard InChI is InChI=1S/C3H8N2O/c4-6-2-3-1-5-3/h3,5H,1-2,4H2. The fourth-order valence-corrected chi connectivity index (χ4v) is 0.317. The van der Waals surface area contributed by atoms with Gasteiger partial charge in [0.1, 0.15) is 0 Å².